The summed E-state index contributed by atoms with van der Waals surface area (Å²) >= 11 is 0. The summed E-state index contributed by atoms with van der Waals surface area (Å²) in [5.74, 6) is 0. The molecule has 14 heavy (non-hydrogen) atoms. The molecule has 0 aliphatic rings. The van der Waals surface area contributed by atoms with Gasteiger partial charge in [0.2, 0.25) is 0 Å². The van der Waals surface area contributed by atoms with Crippen molar-refractivity contribution >= 4 is 5.69 Å². The molecule has 0 amide bonds. The van der Waals surface area contributed by atoms with Gasteiger partial charge in [-0.1, -0.05) is 18.2 Å². The molecule has 0 spiro atoms. The van der Waals surface area contributed by atoms with Crippen molar-refractivity contribution in [2.45, 2.75) is 6.42 Å². The Kier molecular flexibility index (Phi) is 4.03. The van der Waals surface area contributed by atoms with Crippen LogP contribution < -0.4 is 5.48 Å². The number of hydrogen-bond acceptors (Lipinski definition) is 4. The monoisotopic (exact) mass is 196 g/mol. The van der Waals surface area contributed by atoms with Crippen LogP contribution in [0.4, 0.5) is 5.69 Å². The highest BCUT2D eigenvalue weighted by molar-refractivity contribution is 5.39. The highest BCUT2D eigenvalue weighted by Gasteiger charge is 2.10. The second kappa shape index (κ2) is 5.31. The quantitative estimate of drug-likeness (QED) is 0.438. The fraction of sp³-hybridized carbons (Fsp3) is 0.333. The van der Waals surface area contributed by atoms with Crippen LogP contribution in [0, 0.1) is 10.1 Å². The van der Waals surface area contributed by atoms with Crippen molar-refractivity contribution in [1.82, 2.24) is 5.48 Å². The Balaban J connectivity index is 2.69. The molecule has 0 unspecified atom stereocenters. The first-order valence-electron chi connectivity index (χ1n) is 4.24. The molecule has 0 aliphatic heterocycles. The Morgan fingerprint density at radius 1 is 1.50 bits per heavy atom. The number of rotatable bonds is 5. The third-order valence-electron chi connectivity index (χ3n) is 1.83. The third kappa shape index (κ3) is 2.79. The van der Waals surface area contributed by atoms with Gasteiger partial charge in [-0.05, 0) is 6.42 Å². The van der Waals surface area contributed by atoms with E-state index in [9.17, 15) is 10.1 Å². The second-order valence-electron chi connectivity index (χ2n) is 2.73. The molecule has 76 valence electrons. The number of para-hydroxylation sites is 1. The predicted molar refractivity (Wildman–Crippen MR) is 51.8 cm³/mol. The number of nitro groups is 1. The molecule has 0 saturated heterocycles. The zero-order valence-electron chi connectivity index (χ0n) is 7.90. The highest BCUT2D eigenvalue weighted by atomic mass is 16.6. The summed E-state index contributed by atoms with van der Waals surface area (Å²) in [5.41, 5.74) is 3.51. The highest BCUT2D eigenvalue weighted by Crippen LogP contribution is 2.17. The van der Waals surface area contributed by atoms with Crippen LogP contribution in [-0.2, 0) is 11.3 Å². The van der Waals surface area contributed by atoms with E-state index >= 15 is 0 Å². The third-order valence-corrected chi connectivity index (χ3v) is 1.83. The van der Waals surface area contributed by atoms with Gasteiger partial charge in [-0.25, -0.2) is 5.48 Å². The van der Waals surface area contributed by atoms with Gasteiger partial charge in [0, 0.05) is 18.2 Å². The molecule has 0 heterocycles. The summed E-state index contributed by atoms with van der Waals surface area (Å²) in [7, 11) is 1.51. The van der Waals surface area contributed by atoms with Crippen molar-refractivity contribution in [1.29, 1.82) is 0 Å². The van der Waals surface area contributed by atoms with Crippen LogP contribution >= 0.6 is 0 Å². The van der Waals surface area contributed by atoms with Gasteiger partial charge >= 0.3 is 0 Å². The maximum Gasteiger partial charge on any atom is 0.272 e. The first-order chi connectivity index (χ1) is 6.75. The van der Waals surface area contributed by atoms with Gasteiger partial charge in [-0.2, -0.15) is 0 Å². The molecule has 0 bridgehead atoms. The molecular weight excluding hydrogens is 184 g/mol. The number of nitro benzene ring substituents is 1. The lowest BCUT2D eigenvalue weighted by Gasteiger charge is -2.02. The van der Waals surface area contributed by atoms with Crippen molar-refractivity contribution in [3.63, 3.8) is 0 Å². The molecule has 1 rings (SSSR count). The Morgan fingerprint density at radius 2 is 2.21 bits per heavy atom. The molecule has 0 atom stereocenters. The Morgan fingerprint density at radius 3 is 2.86 bits per heavy atom. The number of nitrogens with one attached hydrogen (secondary N) is 1. The molecule has 0 aromatic heterocycles. The van der Waals surface area contributed by atoms with E-state index in [0.717, 1.165) is 0 Å². The van der Waals surface area contributed by atoms with Crippen LogP contribution in [0.3, 0.4) is 0 Å². The van der Waals surface area contributed by atoms with Gasteiger partial charge in [0.1, 0.15) is 0 Å². The summed E-state index contributed by atoms with van der Waals surface area (Å²) in [4.78, 5) is 14.9. The second-order valence-corrected chi connectivity index (χ2v) is 2.73. The van der Waals surface area contributed by atoms with E-state index < -0.39 is 0 Å². The van der Waals surface area contributed by atoms with Gasteiger partial charge in [0.05, 0.1) is 12.0 Å². The lowest BCUT2D eigenvalue weighted by Crippen LogP contribution is -2.15. The van der Waals surface area contributed by atoms with E-state index in [-0.39, 0.29) is 10.6 Å². The van der Waals surface area contributed by atoms with E-state index in [2.05, 4.69) is 10.3 Å². The Hall–Kier alpha value is -1.46. The number of benzene rings is 1. The van der Waals surface area contributed by atoms with E-state index in [1.54, 1.807) is 18.2 Å². The number of hydrogen-bond donors (Lipinski definition) is 1. The van der Waals surface area contributed by atoms with Gasteiger partial charge in [-0.15, -0.1) is 0 Å². The molecule has 5 heteroatoms. The minimum atomic E-state index is -0.373. The number of hydroxylamine groups is 1. The lowest BCUT2D eigenvalue weighted by atomic mass is 10.1. The topological polar surface area (TPSA) is 64.4 Å². The van der Waals surface area contributed by atoms with Crippen LogP contribution in [0.25, 0.3) is 0 Å². The average molecular weight is 196 g/mol. The van der Waals surface area contributed by atoms with E-state index in [4.69, 9.17) is 0 Å². The zero-order valence-corrected chi connectivity index (χ0v) is 7.90. The molecule has 1 aromatic rings. The summed E-state index contributed by atoms with van der Waals surface area (Å²) in [6.07, 6.45) is 0.574. The standard InChI is InChI=1S/C9H12N2O3/c1-14-10-7-6-8-4-2-3-5-9(8)11(12)13/h2-5,10H,6-7H2,1H3. The summed E-state index contributed by atoms with van der Waals surface area (Å²) < 4.78 is 0. The van der Waals surface area contributed by atoms with Gasteiger partial charge in [0.15, 0.2) is 0 Å². The summed E-state index contributed by atoms with van der Waals surface area (Å²) in [6.45, 7) is 0.557. The van der Waals surface area contributed by atoms with Crippen LogP contribution in [0.15, 0.2) is 24.3 Å². The average Bonchev–Trinajstić information content (AvgIpc) is 2.19. The van der Waals surface area contributed by atoms with Crippen LogP contribution in [-0.4, -0.2) is 18.6 Å². The maximum atomic E-state index is 10.6. The minimum Gasteiger partial charge on any atom is -0.305 e. The minimum absolute atomic E-state index is 0.158. The molecule has 5 nitrogen and oxygen atoms in total. The first kappa shape index (κ1) is 10.6. The lowest BCUT2D eigenvalue weighted by molar-refractivity contribution is -0.385. The number of nitrogens with zero attached hydrogens (tertiary/aromatic N) is 1. The normalized spacial score (nSPS) is 10.1. The maximum absolute atomic E-state index is 10.6. The first-order valence-corrected chi connectivity index (χ1v) is 4.24. The zero-order chi connectivity index (χ0) is 10.4. The summed E-state index contributed by atoms with van der Waals surface area (Å²) in [5, 5.41) is 10.6. The SMILES string of the molecule is CONCCc1ccccc1[N+](=O)[O-]. The van der Waals surface area contributed by atoms with Gasteiger partial charge < -0.3 is 4.84 Å². The van der Waals surface area contributed by atoms with Gasteiger partial charge in [0.25, 0.3) is 5.69 Å². The molecule has 0 fully saturated rings. The van der Waals surface area contributed by atoms with Gasteiger partial charge in [-0.3, -0.25) is 10.1 Å². The molecule has 0 radical (unpaired) electrons. The van der Waals surface area contributed by atoms with Crippen LogP contribution in [0.5, 0.6) is 0 Å². The summed E-state index contributed by atoms with van der Waals surface area (Å²) in [6, 6.07) is 6.69. The Labute approximate surface area is 81.8 Å². The fourth-order valence-electron chi connectivity index (χ4n) is 1.19. The molecular formula is C9H12N2O3. The van der Waals surface area contributed by atoms with Crippen LogP contribution in [0.1, 0.15) is 5.56 Å². The van der Waals surface area contributed by atoms with E-state index in [1.165, 1.54) is 13.2 Å². The van der Waals surface area contributed by atoms with Crippen LogP contribution in [0.2, 0.25) is 0 Å². The smallest absolute Gasteiger partial charge is 0.272 e. The van der Waals surface area contributed by atoms with Crippen molar-refractivity contribution in [3.05, 3.63) is 39.9 Å². The largest absolute Gasteiger partial charge is 0.305 e. The van der Waals surface area contributed by atoms with Crippen molar-refractivity contribution < 1.29 is 9.76 Å². The molecule has 0 aliphatic carbocycles. The Bertz CT molecular complexity index is 315. The van der Waals surface area contributed by atoms with Crippen molar-refractivity contribution in [2.75, 3.05) is 13.7 Å². The van der Waals surface area contributed by atoms with E-state index in [1.807, 2.05) is 0 Å². The molecule has 0 saturated carbocycles. The molecule has 1 aromatic carbocycles. The van der Waals surface area contributed by atoms with E-state index in [0.29, 0.717) is 18.5 Å². The van der Waals surface area contributed by atoms with Crippen molar-refractivity contribution in [2.24, 2.45) is 0 Å². The van der Waals surface area contributed by atoms with Crippen molar-refractivity contribution in [3.8, 4) is 0 Å². The predicted octanol–water partition coefficient (Wildman–Crippen LogP) is 1.29. The molecule has 1 N–H and O–H groups in total. The fourth-order valence-corrected chi connectivity index (χ4v) is 1.19.